The third-order valence-corrected chi connectivity index (χ3v) is 5.52. The SMILES string of the molecule is O=C(CSc1nnc(-c2ccc(F)cc2)n1-c1ccccc1)Oc1cccnc1Br. The molecule has 0 bridgehead atoms. The maximum absolute atomic E-state index is 13.3. The topological polar surface area (TPSA) is 69.9 Å². The van der Waals surface area contributed by atoms with Crippen molar-refractivity contribution in [3.8, 4) is 22.8 Å². The minimum absolute atomic E-state index is 0.0235. The summed E-state index contributed by atoms with van der Waals surface area (Å²) in [6.45, 7) is 0. The molecule has 0 radical (unpaired) electrons. The molecule has 0 spiro atoms. The number of carbonyl (C=O) groups is 1. The zero-order chi connectivity index (χ0) is 20.9. The molecule has 0 saturated heterocycles. The van der Waals surface area contributed by atoms with Crippen molar-refractivity contribution in [1.82, 2.24) is 19.7 Å². The van der Waals surface area contributed by atoms with Gasteiger partial charge in [0.2, 0.25) is 0 Å². The van der Waals surface area contributed by atoms with Crippen LogP contribution < -0.4 is 4.74 Å². The van der Waals surface area contributed by atoms with Gasteiger partial charge in [0.25, 0.3) is 0 Å². The maximum atomic E-state index is 13.3. The first-order chi connectivity index (χ1) is 14.6. The molecular weight excluding hydrogens is 471 g/mol. The molecule has 2 heterocycles. The minimum atomic E-state index is -0.445. The first kappa shape index (κ1) is 20.2. The molecule has 0 saturated carbocycles. The van der Waals surface area contributed by atoms with E-state index in [1.54, 1.807) is 30.5 Å². The van der Waals surface area contributed by atoms with Gasteiger partial charge in [0.05, 0.1) is 5.75 Å². The maximum Gasteiger partial charge on any atom is 0.321 e. The monoisotopic (exact) mass is 484 g/mol. The van der Waals surface area contributed by atoms with E-state index in [-0.39, 0.29) is 11.6 Å². The van der Waals surface area contributed by atoms with Crippen LogP contribution in [0.25, 0.3) is 17.1 Å². The summed E-state index contributed by atoms with van der Waals surface area (Å²) in [5.74, 6) is 0.144. The van der Waals surface area contributed by atoms with E-state index in [0.29, 0.717) is 26.9 Å². The van der Waals surface area contributed by atoms with Crippen LogP contribution in [0.15, 0.2) is 82.7 Å². The number of aromatic nitrogens is 4. The second-order valence-corrected chi connectivity index (χ2v) is 7.73. The third-order valence-electron chi connectivity index (χ3n) is 4.02. The Hall–Kier alpha value is -3.04. The van der Waals surface area contributed by atoms with Crippen molar-refractivity contribution >= 4 is 33.7 Å². The number of pyridine rings is 1. The van der Waals surface area contributed by atoms with E-state index in [4.69, 9.17) is 4.74 Å². The number of hydrogen-bond donors (Lipinski definition) is 0. The summed E-state index contributed by atoms with van der Waals surface area (Å²) in [6.07, 6.45) is 1.59. The molecule has 30 heavy (non-hydrogen) atoms. The molecule has 150 valence electrons. The fourth-order valence-corrected chi connectivity index (χ4v) is 3.74. The Labute approximate surface area is 184 Å². The number of ether oxygens (including phenoxy) is 1. The fourth-order valence-electron chi connectivity index (χ4n) is 2.68. The Balaban J connectivity index is 1.59. The lowest BCUT2D eigenvalue weighted by molar-refractivity contribution is -0.131. The van der Waals surface area contributed by atoms with Crippen molar-refractivity contribution in [2.45, 2.75) is 5.16 Å². The molecule has 0 aliphatic rings. The van der Waals surface area contributed by atoms with Crippen LogP contribution in [0.5, 0.6) is 5.75 Å². The largest absolute Gasteiger partial charge is 0.423 e. The number of rotatable bonds is 6. The van der Waals surface area contributed by atoms with Gasteiger partial charge in [-0.1, -0.05) is 30.0 Å². The Morgan fingerprint density at radius 2 is 1.80 bits per heavy atom. The highest BCUT2D eigenvalue weighted by atomic mass is 79.9. The third kappa shape index (κ3) is 4.58. The molecule has 0 N–H and O–H groups in total. The molecule has 0 atom stereocenters. The van der Waals surface area contributed by atoms with Crippen LogP contribution in [0.3, 0.4) is 0 Å². The number of hydrogen-bond acceptors (Lipinski definition) is 6. The highest BCUT2D eigenvalue weighted by molar-refractivity contribution is 9.10. The van der Waals surface area contributed by atoms with Gasteiger partial charge in [0.15, 0.2) is 16.7 Å². The Bertz CT molecular complexity index is 1170. The van der Waals surface area contributed by atoms with Crippen LogP contribution in [0.2, 0.25) is 0 Å². The first-order valence-electron chi connectivity index (χ1n) is 8.82. The van der Waals surface area contributed by atoms with Crippen LogP contribution in [-0.2, 0) is 4.79 Å². The number of carbonyl (C=O) groups excluding carboxylic acids is 1. The average molecular weight is 485 g/mol. The van der Waals surface area contributed by atoms with Crippen LogP contribution in [-0.4, -0.2) is 31.5 Å². The van der Waals surface area contributed by atoms with Crippen molar-refractivity contribution in [2.75, 3.05) is 5.75 Å². The second-order valence-electron chi connectivity index (χ2n) is 6.04. The van der Waals surface area contributed by atoms with Crippen molar-refractivity contribution in [1.29, 1.82) is 0 Å². The van der Waals surface area contributed by atoms with Gasteiger partial charge < -0.3 is 4.74 Å². The molecule has 6 nitrogen and oxygen atoms in total. The summed E-state index contributed by atoms with van der Waals surface area (Å²) >= 11 is 4.45. The summed E-state index contributed by atoms with van der Waals surface area (Å²) in [5, 5.41) is 9.03. The highest BCUT2D eigenvalue weighted by Gasteiger charge is 2.18. The van der Waals surface area contributed by atoms with Crippen molar-refractivity contribution < 1.29 is 13.9 Å². The van der Waals surface area contributed by atoms with Gasteiger partial charge in [-0.2, -0.15) is 0 Å². The van der Waals surface area contributed by atoms with Crippen molar-refractivity contribution in [2.24, 2.45) is 0 Å². The van der Waals surface area contributed by atoms with Crippen LogP contribution in [0.1, 0.15) is 0 Å². The molecule has 0 unspecified atom stereocenters. The Morgan fingerprint density at radius 1 is 1.03 bits per heavy atom. The number of thioether (sulfide) groups is 1. The van der Waals surface area contributed by atoms with E-state index < -0.39 is 5.97 Å². The minimum Gasteiger partial charge on any atom is -0.423 e. The number of halogens is 2. The zero-order valence-electron chi connectivity index (χ0n) is 15.4. The number of nitrogens with zero attached hydrogens (tertiary/aromatic N) is 4. The summed E-state index contributed by atoms with van der Waals surface area (Å²) in [7, 11) is 0. The van der Waals surface area contributed by atoms with Gasteiger partial charge in [0.1, 0.15) is 10.4 Å². The molecule has 4 aromatic rings. The van der Waals surface area contributed by atoms with Crippen LogP contribution in [0.4, 0.5) is 4.39 Å². The normalized spacial score (nSPS) is 10.7. The predicted octanol–water partition coefficient (Wildman–Crippen LogP) is 4.93. The van der Waals surface area contributed by atoms with E-state index >= 15 is 0 Å². The van der Waals surface area contributed by atoms with E-state index in [2.05, 4.69) is 31.1 Å². The van der Waals surface area contributed by atoms with Crippen LogP contribution in [0, 0.1) is 5.82 Å². The molecule has 2 aromatic heterocycles. The number of esters is 1. The lowest BCUT2D eigenvalue weighted by atomic mass is 10.2. The summed E-state index contributed by atoms with van der Waals surface area (Å²) in [5.41, 5.74) is 1.54. The second kappa shape index (κ2) is 9.19. The highest BCUT2D eigenvalue weighted by Crippen LogP contribution is 2.28. The standard InChI is InChI=1S/C21H14BrFN4O2S/c22-19-17(7-4-12-24-19)29-18(28)13-30-21-26-25-20(14-8-10-15(23)11-9-14)27(21)16-5-2-1-3-6-16/h1-12H,13H2. The lowest BCUT2D eigenvalue weighted by Crippen LogP contribution is -2.12. The van der Waals surface area contributed by atoms with Crippen molar-refractivity contribution in [3.63, 3.8) is 0 Å². The first-order valence-corrected chi connectivity index (χ1v) is 10.6. The van der Waals surface area contributed by atoms with Gasteiger partial charge in [0, 0.05) is 17.4 Å². The molecule has 2 aromatic carbocycles. The van der Waals surface area contributed by atoms with Gasteiger partial charge >= 0.3 is 5.97 Å². The summed E-state index contributed by atoms with van der Waals surface area (Å²) in [4.78, 5) is 16.3. The van der Waals surface area contributed by atoms with E-state index in [1.165, 1.54) is 23.9 Å². The molecule has 0 aliphatic heterocycles. The summed E-state index contributed by atoms with van der Waals surface area (Å²) < 4.78 is 21.0. The van der Waals surface area contributed by atoms with Crippen molar-refractivity contribution in [3.05, 3.63) is 83.3 Å². The number of benzene rings is 2. The fraction of sp³-hybridized carbons (Fsp3) is 0.0476. The molecule has 0 amide bonds. The molecule has 0 fully saturated rings. The van der Waals surface area contributed by atoms with Gasteiger partial charge in [-0.3, -0.25) is 9.36 Å². The smallest absolute Gasteiger partial charge is 0.321 e. The molecule has 0 aliphatic carbocycles. The zero-order valence-corrected chi connectivity index (χ0v) is 17.8. The van der Waals surface area contributed by atoms with Gasteiger partial charge in [-0.25, -0.2) is 9.37 Å². The number of para-hydroxylation sites is 1. The molecular formula is C21H14BrFN4O2S. The van der Waals surface area contributed by atoms with Gasteiger partial charge in [-0.05, 0) is 64.5 Å². The van der Waals surface area contributed by atoms with E-state index in [9.17, 15) is 9.18 Å². The van der Waals surface area contributed by atoms with Gasteiger partial charge in [-0.15, -0.1) is 10.2 Å². The Morgan fingerprint density at radius 3 is 2.53 bits per heavy atom. The van der Waals surface area contributed by atoms with E-state index in [1.807, 2.05) is 34.9 Å². The average Bonchev–Trinajstić information content (AvgIpc) is 3.19. The quantitative estimate of drug-likeness (QED) is 0.219. The predicted molar refractivity (Wildman–Crippen MR) is 115 cm³/mol. The van der Waals surface area contributed by atoms with Crippen LogP contribution >= 0.6 is 27.7 Å². The summed E-state index contributed by atoms with van der Waals surface area (Å²) in [6, 6.07) is 18.9. The van der Waals surface area contributed by atoms with E-state index in [0.717, 1.165) is 5.69 Å². The lowest BCUT2D eigenvalue weighted by Gasteiger charge is -2.10. The Kier molecular flexibility index (Phi) is 6.20. The molecule has 4 rings (SSSR count). The molecule has 9 heteroatoms.